The molecular formula is C16H21N3O2S2. The average Bonchev–Trinajstić information content (AvgIpc) is 2.96. The normalized spacial score (nSPS) is 12.1. The highest BCUT2D eigenvalue weighted by atomic mass is 32.2. The summed E-state index contributed by atoms with van der Waals surface area (Å²) >= 11 is 2.89. The van der Waals surface area contributed by atoms with E-state index in [1.165, 1.54) is 11.8 Å². The quantitative estimate of drug-likeness (QED) is 0.567. The summed E-state index contributed by atoms with van der Waals surface area (Å²) in [4.78, 5) is 28.6. The smallest absolute Gasteiger partial charge is 0.233 e. The third-order valence-electron chi connectivity index (χ3n) is 3.28. The maximum atomic E-state index is 12.1. The molecule has 2 amide bonds. The molecule has 0 saturated carbocycles. The third-order valence-corrected chi connectivity index (χ3v) is 5.61. The van der Waals surface area contributed by atoms with Gasteiger partial charge in [0, 0.05) is 20.0 Å². The molecule has 1 aromatic heterocycles. The summed E-state index contributed by atoms with van der Waals surface area (Å²) in [5, 5.41) is 5.01. The highest BCUT2D eigenvalue weighted by molar-refractivity contribution is 8.02. The minimum atomic E-state index is -0.470. The number of unbranched alkanes of at least 4 members (excludes halogenated alkanes) is 1. The fourth-order valence-corrected chi connectivity index (χ4v) is 4.38. The fraction of sp³-hybridized carbons (Fsp3) is 0.438. The summed E-state index contributed by atoms with van der Waals surface area (Å²) in [5.74, 6) is -0.249. The van der Waals surface area contributed by atoms with Crippen molar-refractivity contribution in [1.82, 2.24) is 15.6 Å². The van der Waals surface area contributed by atoms with Gasteiger partial charge >= 0.3 is 0 Å². The van der Waals surface area contributed by atoms with Crippen LogP contribution >= 0.6 is 23.1 Å². The van der Waals surface area contributed by atoms with Crippen molar-refractivity contribution in [2.24, 2.45) is 0 Å². The summed E-state index contributed by atoms with van der Waals surface area (Å²) in [6.45, 7) is 2.73. The van der Waals surface area contributed by atoms with Crippen LogP contribution in [-0.2, 0) is 9.59 Å². The largest absolute Gasteiger partial charge is 0.358 e. The molecule has 1 unspecified atom stereocenters. The van der Waals surface area contributed by atoms with E-state index in [1.807, 2.05) is 24.3 Å². The molecule has 0 bridgehead atoms. The second-order valence-corrected chi connectivity index (χ2v) is 7.56. The molecule has 0 aliphatic carbocycles. The lowest BCUT2D eigenvalue weighted by Crippen LogP contribution is -2.35. The van der Waals surface area contributed by atoms with Crippen LogP contribution < -0.4 is 10.6 Å². The van der Waals surface area contributed by atoms with Crippen LogP contribution in [0.5, 0.6) is 0 Å². The topological polar surface area (TPSA) is 71.1 Å². The zero-order valence-electron chi connectivity index (χ0n) is 13.3. The van der Waals surface area contributed by atoms with Gasteiger partial charge in [0.15, 0.2) is 4.34 Å². The monoisotopic (exact) mass is 351 g/mol. The maximum Gasteiger partial charge on any atom is 0.233 e. The van der Waals surface area contributed by atoms with E-state index in [-0.39, 0.29) is 18.2 Å². The van der Waals surface area contributed by atoms with Crippen LogP contribution in [0.15, 0.2) is 28.6 Å². The Morgan fingerprint density at radius 2 is 2.13 bits per heavy atom. The Morgan fingerprint density at radius 1 is 1.35 bits per heavy atom. The number of thiazole rings is 1. The number of fused-ring (bicyclic) bond motifs is 1. The maximum absolute atomic E-state index is 12.1. The van der Waals surface area contributed by atoms with Gasteiger partial charge < -0.3 is 10.6 Å². The van der Waals surface area contributed by atoms with E-state index >= 15 is 0 Å². The molecule has 2 aromatic rings. The van der Waals surface area contributed by atoms with Crippen LogP contribution in [0.2, 0.25) is 0 Å². The molecule has 7 heteroatoms. The van der Waals surface area contributed by atoms with Crippen LogP contribution in [0.3, 0.4) is 0 Å². The van der Waals surface area contributed by atoms with Crippen molar-refractivity contribution >= 4 is 45.1 Å². The lowest BCUT2D eigenvalue weighted by atomic mass is 10.2. The average molecular weight is 351 g/mol. The summed E-state index contributed by atoms with van der Waals surface area (Å²) in [6.07, 6.45) is 2.13. The number of thioether (sulfide) groups is 1. The van der Waals surface area contributed by atoms with E-state index in [2.05, 4.69) is 22.5 Å². The molecule has 1 aromatic carbocycles. The second-order valence-electron chi connectivity index (χ2n) is 5.08. The van der Waals surface area contributed by atoms with E-state index in [0.717, 1.165) is 27.4 Å². The molecule has 1 heterocycles. The van der Waals surface area contributed by atoms with Gasteiger partial charge in [-0.05, 0) is 18.6 Å². The van der Waals surface area contributed by atoms with Crippen molar-refractivity contribution in [3.63, 3.8) is 0 Å². The highest BCUT2D eigenvalue weighted by Crippen LogP contribution is 2.33. The lowest BCUT2D eigenvalue weighted by molar-refractivity contribution is -0.125. The molecule has 124 valence electrons. The number of para-hydroxylation sites is 1. The van der Waals surface area contributed by atoms with Crippen LogP contribution in [0.25, 0.3) is 10.2 Å². The first-order valence-corrected chi connectivity index (χ1v) is 9.34. The van der Waals surface area contributed by atoms with Crippen LogP contribution in [0.1, 0.15) is 26.2 Å². The predicted molar refractivity (Wildman–Crippen MR) is 95.9 cm³/mol. The van der Waals surface area contributed by atoms with Gasteiger partial charge in [0.2, 0.25) is 11.8 Å². The first-order valence-electron chi connectivity index (χ1n) is 7.64. The number of rotatable bonds is 8. The third kappa shape index (κ3) is 5.21. The Balaban J connectivity index is 2.03. The number of amides is 2. The summed E-state index contributed by atoms with van der Waals surface area (Å²) < 4.78 is 1.89. The Kier molecular flexibility index (Phi) is 6.85. The summed E-state index contributed by atoms with van der Waals surface area (Å²) in [7, 11) is 1.59. The standard InChI is InChI=1S/C16H21N3O2S2/c1-3-4-9-18-14(20)10-13(15(21)17-2)23-16-19-11-7-5-6-8-12(11)22-16/h5-8,13H,3-4,9-10H2,1-2H3,(H,17,21)(H,18,20). The van der Waals surface area contributed by atoms with E-state index in [1.54, 1.807) is 18.4 Å². The van der Waals surface area contributed by atoms with E-state index < -0.39 is 5.25 Å². The van der Waals surface area contributed by atoms with Crippen molar-refractivity contribution in [3.05, 3.63) is 24.3 Å². The number of hydrogen-bond acceptors (Lipinski definition) is 5. The van der Waals surface area contributed by atoms with Crippen LogP contribution in [-0.4, -0.2) is 35.6 Å². The molecule has 5 nitrogen and oxygen atoms in total. The summed E-state index contributed by atoms with van der Waals surface area (Å²) in [6, 6.07) is 7.85. The Bertz CT molecular complexity index is 639. The van der Waals surface area contributed by atoms with Gasteiger partial charge in [-0.3, -0.25) is 9.59 Å². The van der Waals surface area contributed by atoms with Crippen LogP contribution in [0, 0.1) is 0 Å². The van der Waals surface area contributed by atoms with Crippen molar-refractivity contribution < 1.29 is 9.59 Å². The number of aromatic nitrogens is 1. The molecule has 0 aliphatic heterocycles. The van der Waals surface area contributed by atoms with Crippen molar-refractivity contribution in [1.29, 1.82) is 0 Å². The fourth-order valence-electron chi connectivity index (χ4n) is 2.02. The Hall–Kier alpha value is -1.60. The molecule has 1 atom stereocenters. The molecule has 0 spiro atoms. The number of hydrogen-bond donors (Lipinski definition) is 2. The molecule has 2 rings (SSSR count). The van der Waals surface area contributed by atoms with Gasteiger partial charge in [-0.15, -0.1) is 11.3 Å². The minimum absolute atomic E-state index is 0.0966. The molecule has 0 aliphatic rings. The Morgan fingerprint density at radius 3 is 2.83 bits per heavy atom. The number of benzene rings is 1. The lowest BCUT2D eigenvalue weighted by Gasteiger charge is -2.13. The predicted octanol–water partition coefficient (Wildman–Crippen LogP) is 2.81. The minimum Gasteiger partial charge on any atom is -0.358 e. The Labute approximate surface area is 144 Å². The number of nitrogens with zero attached hydrogens (tertiary/aromatic N) is 1. The van der Waals surface area contributed by atoms with Gasteiger partial charge in [0.05, 0.1) is 15.5 Å². The first-order chi connectivity index (χ1) is 11.1. The van der Waals surface area contributed by atoms with Gasteiger partial charge in [0.25, 0.3) is 0 Å². The van der Waals surface area contributed by atoms with Crippen molar-refractivity contribution in [2.75, 3.05) is 13.6 Å². The van der Waals surface area contributed by atoms with Gasteiger partial charge in [0.1, 0.15) is 0 Å². The SMILES string of the molecule is CCCCNC(=O)CC(Sc1nc2ccccc2s1)C(=O)NC. The van der Waals surface area contributed by atoms with Crippen LogP contribution in [0.4, 0.5) is 0 Å². The van der Waals surface area contributed by atoms with E-state index in [0.29, 0.717) is 6.54 Å². The molecule has 2 N–H and O–H groups in total. The number of carbonyl (C=O) groups is 2. The van der Waals surface area contributed by atoms with Gasteiger partial charge in [-0.1, -0.05) is 37.2 Å². The highest BCUT2D eigenvalue weighted by Gasteiger charge is 2.23. The zero-order chi connectivity index (χ0) is 16.7. The van der Waals surface area contributed by atoms with Gasteiger partial charge in [-0.2, -0.15) is 0 Å². The molecule has 0 fully saturated rings. The van der Waals surface area contributed by atoms with Crippen molar-refractivity contribution in [2.45, 2.75) is 35.8 Å². The number of nitrogens with one attached hydrogen (secondary N) is 2. The molecule has 23 heavy (non-hydrogen) atoms. The number of carbonyl (C=O) groups excluding carboxylic acids is 2. The molecule has 0 radical (unpaired) electrons. The van der Waals surface area contributed by atoms with E-state index in [4.69, 9.17) is 0 Å². The first kappa shape index (κ1) is 17.7. The summed E-state index contributed by atoms with van der Waals surface area (Å²) in [5.41, 5.74) is 0.919. The zero-order valence-corrected chi connectivity index (χ0v) is 14.9. The molecule has 0 saturated heterocycles. The van der Waals surface area contributed by atoms with Crippen molar-refractivity contribution in [3.8, 4) is 0 Å². The molecular weight excluding hydrogens is 330 g/mol. The van der Waals surface area contributed by atoms with Gasteiger partial charge in [-0.25, -0.2) is 4.98 Å². The second kappa shape index (κ2) is 8.88. The van der Waals surface area contributed by atoms with E-state index in [9.17, 15) is 9.59 Å².